The van der Waals surface area contributed by atoms with E-state index in [1.165, 1.54) is 4.90 Å². The number of carbonyl (C=O) groups is 3. The highest BCUT2D eigenvalue weighted by Crippen LogP contribution is 2.31. The van der Waals surface area contributed by atoms with E-state index in [2.05, 4.69) is 5.32 Å². The van der Waals surface area contributed by atoms with E-state index < -0.39 is 11.9 Å². The molecule has 0 aromatic heterocycles. The monoisotopic (exact) mass is 281 g/mol. The van der Waals surface area contributed by atoms with Crippen molar-refractivity contribution in [2.24, 2.45) is 17.6 Å². The van der Waals surface area contributed by atoms with Crippen molar-refractivity contribution in [3.05, 3.63) is 0 Å². The van der Waals surface area contributed by atoms with Gasteiger partial charge in [0.05, 0.1) is 0 Å². The second-order valence-electron chi connectivity index (χ2n) is 5.96. The van der Waals surface area contributed by atoms with Gasteiger partial charge in [0.1, 0.15) is 12.6 Å². The van der Waals surface area contributed by atoms with Crippen molar-refractivity contribution in [2.45, 2.75) is 51.6 Å². The highest BCUT2D eigenvalue weighted by Gasteiger charge is 2.40. The first kappa shape index (κ1) is 15.0. The molecule has 0 spiro atoms. The van der Waals surface area contributed by atoms with E-state index in [1.54, 1.807) is 0 Å². The fraction of sp³-hybridized carbons (Fsp3) is 0.786. The molecule has 2 rings (SSSR count). The van der Waals surface area contributed by atoms with Crippen LogP contribution in [0.15, 0.2) is 0 Å². The largest absolute Gasteiger partial charge is 0.328 e. The summed E-state index contributed by atoms with van der Waals surface area (Å²) >= 11 is 0. The first-order valence-electron chi connectivity index (χ1n) is 7.33. The molecular formula is C14H23N3O3. The normalized spacial score (nSPS) is 34.9. The molecule has 6 heteroatoms. The molecule has 4 unspecified atom stereocenters. The van der Waals surface area contributed by atoms with Gasteiger partial charge in [-0.05, 0) is 31.6 Å². The molecule has 3 amide bonds. The van der Waals surface area contributed by atoms with Gasteiger partial charge in [0.15, 0.2) is 0 Å². The van der Waals surface area contributed by atoms with Gasteiger partial charge in [-0.25, -0.2) is 0 Å². The van der Waals surface area contributed by atoms with Crippen LogP contribution < -0.4 is 11.1 Å². The lowest BCUT2D eigenvalue weighted by molar-refractivity contribution is -0.154. The Kier molecular flexibility index (Phi) is 4.42. The summed E-state index contributed by atoms with van der Waals surface area (Å²) in [6.45, 7) is 3.85. The van der Waals surface area contributed by atoms with Gasteiger partial charge in [0.2, 0.25) is 17.7 Å². The van der Waals surface area contributed by atoms with Crippen molar-refractivity contribution in [1.29, 1.82) is 0 Å². The molecule has 6 nitrogen and oxygen atoms in total. The number of piperazine rings is 1. The highest BCUT2D eigenvalue weighted by molar-refractivity contribution is 6.04. The zero-order valence-electron chi connectivity index (χ0n) is 12.1. The standard InChI is InChI=1S/C14H23N3O3/c1-3-11-13(19)16-12(18)7-17(11)14(20)10-5-4-9(15)6-8(10)2/h8-11H,3-7,15H2,1-2H3,(H,16,18,19). The zero-order valence-corrected chi connectivity index (χ0v) is 12.1. The predicted octanol–water partition coefficient (Wildman–Crippen LogP) is 0.0135. The van der Waals surface area contributed by atoms with Crippen LogP contribution in [0.4, 0.5) is 0 Å². The number of hydrogen-bond acceptors (Lipinski definition) is 4. The minimum absolute atomic E-state index is 0.0155. The lowest BCUT2D eigenvalue weighted by Gasteiger charge is -2.39. The molecule has 0 radical (unpaired) electrons. The van der Waals surface area contributed by atoms with E-state index in [-0.39, 0.29) is 36.2 Å². The van der Waals surface area contributed by atoms with Crippen LogP contribution in [0.2, 0.25) is 0 Å². The highest BCUT2D eigenvalue weighted by atomic mass is 16.2. The summed E-state index contributed by atoms with van der Waals surface area (Å²) in [5.41, 5.74) is 5.92. The molecule has 1 saturated carbocycles. The number of imide groups is 1. The Morgan fingerprint density at radius 3 is 2.70 bits per heavy atom. The van der Waals surface area contributed by atoms with E-state index in [9.17, 15) is 14.4 Å². The SMILES string of the molecule is CCC1C(=O)NC(=O)CN1C(=O)C1CCC(N)CC1C. The predicted molar refractivity (Wildman–Crippen MR) is 73.4 cm³/mol. The second-order valence-corrected chi connectivity index (χ2v) is 5.96. The van der Waals surface area contributed by atoms with E-state index >= 15 is 0 Å². The Balaban J connectivity index is 2.13. The first-order valence-corrected chi connectivity index (χ1v) is 7.33. The minimum atomic E-state index is -0.525. The van der Waals surface area contributed by atoms with Crippen molar-refractivity contribution in [1.82, 2.24) is 10.2 Å². The molecule has 20 heavy (non-hydrogen) atoms. The molecule has 0 aromatic carbocycles. The molecule has 1 heterocycles. The lowest BCUT2D eigenvalue weighted by atomic mass is 9.77. The number of rotatable bonds is 2. The fourth-order valence-electron chi connectivity index (χ4n) is 3.32. The Hall–Kier alpha value is -1.43. The van der Waals surface area contributed by atoms with Crippen molar-refractivity contribution in [2.75, 3.05) is 6.54 Å². The van der Waals surface area contributed by atoms with Crippen LogP contribution in [0.3, 0.4) is 0 Å². The maximum absolute atomic E-state index is 12.7. The van der Waals surface area contributed by atoms with Crippen molar-refractivity contribution in [3.8, 4) is 0 Å². The molecule has 4 atom stereocenters. The number of nitrogens with one attached hydrogen (secondary N) is 1. The molecule has 0 aromatic rings. The zero-order chi connectivity index (χ0) is 14.9. The van der Waals surface area contributed by atoms with Crippen molar-refractivity contribution < 1.29 is 14.4 Å². The number of carbonyl (C=O) groups excluding carboxylic acids is 3. The topological polar surface area (TPSA) is 92.5 Å². The molecular weight excluding hydrogens is 258 g/mol. The summed E-state index contributed by atoms with van der Waals surface area (Å²) < 4.78 is 0. The van der Waals surface area contributed by atoms with Crippen molar-refractivity contribution >= 4 is 17.7 Å². The molecule has 1 aliphatic carbocycles. The summed E-state index contributed by atoms with van der Waals surface area (Å²) in [7, 11) is 0. The maximum atomic E-state index is 12.7. The second kappa shape index (κ2) is 5.91. The van der Waals surface area contributed by atoms with Gasteiger partial charge < -0.3 is 10.6 Å². The quantitative estimate of drug-likeness (QED) is 0.698. The van der Waals surface area contributed by atoms with Crippen LogP contribution in [0.5, 0.6) is 0 Å². The molecule has 1 saturated heterocycles. The number of nitrogens with zero attached hydrogens (tertiary/aromatic N) is 1. The van der Waals surface area contributed by atoms with Gasteiger partial charge in [-0.3, -0.25) is 19.7 Å². The molecule has 2 aliphatic rings. The molecule has 3 N–H and O–H groups in total. The van der Waals surface area contributed by atoms with Gasteiger partial charge >= 0.3 is 0 Å². The number of hydrogen-bond donors (Lipinski definition) is 2. The average molecular weight is 281 g/mol. The van der Waals surface area contributed by atoms with E-state index in [1.807, 2.05) is 13.8 Å². The third kappa shape index (κ3) is 2.85. The lowest BCUT2D eigenvalue weighted by Crippen LogP contribution is -2.61. The van der Waals surface area contributed by atoms with Crippen LogP contribution in [0.25, 0.3) is 0 Å². The van der Waals surface area contributed by atoms with Crippen LogP contribution in [-0.4, -0.2) is 41.2 Å². The van der Waals surface area contributed by atoms with E-state index in [4.69, 9.17) is 5.73 Å². The minimum Gasteiger partial charge on any atom is -0.328 e. The van der Waals surface area contributed by atoms with E-state index in [0.717, 1.165) is 19.3 Å². The Morgan fingerprint density at radius 1 is 1.40 bits per heavy atom. The van der Waals surface area contributed by atoms with Gasteiger partial charge in [0, 0.05) is 12.0 Å². The first-order chi connectivity index (χ1) is 9.43. The summed E-state index contributed by atoms with van der Waals surface area (Å²) in [4.78, 5) is 37.5. The van der Waals surface area contributed by atoms with Crippen molar-refractivity contribution in [3.63, 3.8) is 0 Å². The Labute approximate surface area is 119 Å². The maximum Gasteiger partial charge on any atom is 0.249 e. The Morgan fingerprint density at radius 2 is 2.10 bits per heavy atom. The number of nitrogens with two attached hydrogens (primary N) is 1. The smallest absolute Gasteiger partial charge is 0.249 e. The van der Waals surface area contributed by atoms with Crippen LogP contribution in [0.1, 0.15) is 39.5 Å². The summed E-state index contributed by atoms with van der Waals surface area (Å²) in [6, 6.07) is -0.370. The number of amides is 3. The van der Waals surface area contributed by atoms with Gasteiger partial charge in [-0.1, -0.05) is 13.8 Å². The third-order valence-electron chi connectivity index (χ3n) is 4.45. The van der Waals surface area contributed by atoms with Crippen LogP contribution in [-0.2, 0) is 14.4 Å². The molecule has 112 valence electrons. The molecule has 0 bridgehead atoms. The average Bonchev–Trinajstić information content (AvgIpc) is 2.37. The van der Waals surface area contributed by atoms with Crippen LogP contribution >= 0.6 is 0 Å². The van der Waals surface area contributed by atoms with Crippen LogP contribution in [0, 0.1) is 11.8 Å². The van der Waals surface area contributed by atoms with Gasteiger partial charge in [0.25, 0.3) is 0 Å². The van der Waals surface area contributed by atoms with E-state index in [0.29, 0.717) is 6.42 Å². The van der Waals surface area contributed by atoms with Gasteiger partial charge in [-0.15, -0.1) is 0 Å². The molecule has 2 fully saturated rings. The fourth-order valence-corrected chi connectivity index (χ4v) is 3.32. The third-order valence-corrected chi connectivity index (χ3v) is 4.45. The Bertz CT molecular complexity index is 424. The summed E-state index contributed by atoms with van der Waals surface area (Å²) in [6.07, 6.45) is 2.90. The van der Waals surface area contributed by atoms with Gasteiger partial charge in [-0.2, -0.15) is 0 Å². The summed E-state index contributed by atoms with van der Waals surface area (Å²) in [5, 5.41) is 2.29. The molecule has 1 aliphatic heterocycles. The summed E-state index contributed by atoms with van der Waals surface area (Å²) in [5.74, 6) is -0.753.